The molecule has 0 bridgehead atoms. The molecule has 2 saturated heterocycles. The van der Waals surface area contributed by atoms with Crippen LogP contribution >= 0.6 is 23.1 Å². The number of anilines is 5. The van der Waals surface area contributed by atoms with E-state index in [1.165, 1.54) is 37.9 Å². The Balaban J connectivity index is 1.20. The Hall–Kier alpha value is -3.92. The third-order valence-electron chi connectivity index (χ3n) is 10.4. The van der Waals surface area contributed by atoms with E-state index < -0.39 is 7.14 Å². The highest BCUT2D eigenvalue weighted by atomic mass is 79.9. The van der Waals surface area contributed by atoms with Crippen LogP contribution in [0.1, 0.15) is 43.2 Å². The van der Waals surface area contributed by atoms with Gasteiger partial charge in [0.15, 0.2) is 0 Å². The number of methoxy groups -OCH3 is 1. The fourth-order valence-electron chi connectivity index (χ4n) is 7.67. The Labute approximate surface area is 309 Å². The first kappa shape index (κ1) is 35.5. The Bertz CT molecular complexity index is 2110. The number of aromatic nitrogens is 4. The maximum absolute atomic E-state index is 13.8. The lowest BCUT2D eigenvalue weighted by Gasteiger charge is -2.41. The van der Waals surface area contributed by atoms with Gasteiger partial charge in [-0.2, -0.15) is 10.1 Å². The number of nitrogens with zero attached hydrogens (tertiary/aromatic N) is 6. The summed E-state index contributed by atoms with van der Waals surface area (Å²) in [7, 11) is 0.949. The van der Waals surface area contributed by atoms with Crippen molar-refractivity contribution in [2.45, 2.75) is 52.0 Å². The van der Waals surface area contributed by atoms with Crippen LogP contribution in [0.25, 0.3) is 21.9 Å². The van der Waals surface area contributed by atoms with Crippen LogP contribution in [-0.2, 0) is 11.6 Å². The highest BCUT2D eigenvalue weighted by Crippen LogP contribution is 2.44. The summed E-state index contributed by atoms with van der Waals surface area (Å²) >= 11 is 3.65. The van der Waals surface area contributed by atoms with Crippen molar-refractivity contribution in [3.8, 4) is 16.9 Å². The van der Waals surface area contributed by atoms with Crippen molar-refractivity contribution < 1.29 is 9.30 Å². The first-order chi connectivity index (χ1) is 24.5. The van der Waals surface area contributed by atoms with Crippen LogP contribution in [0.3, 0.4) is 0 Å². The average Bonchev–Trinajstić information content (AvgIpc) is 3.56. The van der Waals surface area contributed by atoms with Crippen molar-refractivity contribution >= 4 is 68.0 Å². The van der Waals surface area contributed by atoms with Gasteiger partial charge in [0.2, 0.25) is 5.95 Å². The molecule has 2 N–H and O–H groups in total. The minimum atomic E-state index is -2.69. The normalized spacial score (nSPS) is 16.1. The summed E-state index contributed by atoms with van der Waals surface area (Å²) in [5.74, 6) is 1.67. The van der Waals surface area contributed by atoms with Crippen LogP contribution in [0.4, 0.5) is 28.8 Å². The molecule has 51 heavy (non-hydrogen) atoms. The van der Waals surface area contributed by atoms with Crippen LogP contribution < -0.4 is 25.6 Å². The van der Waals surface area contributed by atoms with Crippen molar-refractivity contribution in [1.82, 2.24) is 24.6 Å². The molecule has 0 amide bonds. The molecule has 12 heteroatoms. The number of halogens is 1. The number of hydrogen-bond donors (Lipinski definition) is 2. The Morgan fingerprint density at radius 2 is 1.67 bits per heavy atom. The van der Waals surface area contributed by atoms with E-state index in [-0.39, 0.29) is 0 Å². The molecule has 268 valence electrons. The average molecular weight is 772 g/mol. The second kappa shape index (κ2) is 14.6. The SMILES string of the molecule is COc1cc(N2CCC(N3CCCCC3)CC2)c(-c2cnn(C)c2)cc1Nc1ncc(Br)c(Nc2ccc3cc(C)c(C)cc3c2P(C)(C)=O)n1. The lowest BCUT2D eigenvalue weighted by atomic mass is 9.97. The molecular weight excluding hydrogens is 723 g/mol. The van der Waals surface area contributed by atoms with Crippen molar-refractivity contribution in [2.24, 2.45) is 7.05 Å². The van der Waals surface area contributed by atoms with Gasteiger partial charge in [-0.15, -0.1) is 0 Å². The van der Waals surface area contributed by atoms with E-state index in [1.807, 2.05) is 37.3 Å². The van der Waals surface area contributed by atoms with E-state index in [1.54, 1.807) is 13.3 Å². The number of nitrogens with one attached hydrogen (secondary N) is 2. The topological polar surface area (TPSA) is 100 Å². The summed E-state index contributed by atoms with van der Waals surface area (Å²) in [6, 6.07) is 13.3. The molecule has 2 fully saturated rings. The van der Waals surface area contributed by atoms with E-state index in [2.05, 4.69) is 96.8 Å². The van der Waals surface area contributed by atoms with Gasteiger partial charge >= 0.3 is 0 Å². The smallest absolute Gasteiger partial charge is 0.229 e. The van der Waals surface area contributed by atoms with Crippen LogP contribution in [-0.4, -0.2) is 77.3 Å². The first-order valence-corrected chi connectivity index (χ1v) is 21.2. The third kappa shape index (κ3) is 7.52. The van der Waals surface area contributed by atoms with Gasteiger partial charge in [0.1, 0.15) is 18.7 Å². The van der Waals surface area contributed by atoms with E-state index in [4.69, 9.17) is 9.72 Å². The van der Waals surface area contributed by atoms with Crippen LogP contribution in [0, 0.1) is 13.8 Å². The number of piperidine rings is 2. The molecule has 0 saturated carbocycles. The second-order valence-corrected chi connectivity index (χ2v) is 18.4. The number of aryl methyl sites for hydroxylation is 3. The fourth-order valence-corrected chi connectivity index (χ4v) is 9.44. The highest BCUT2D eigenvalue weighted by Gasteiger charge is 2.28. The fraction of sp³-hybridized carbons (Fsp3) is 0.410. The van der Waals surface area contributed by atoms with Crippen molar-refractivity contribution in [3.63, 3.8) is 0 Å². The van der Waals surface area contributed by atoms with Gasteiger partial charge in [-0.1, -0.05) is 24.6 Å². The second-order valence-electron chi connectivity index (χ2n) is 14.4. The van der Waals surface area contributed by atoms with E-state index in [9.17, 15) is 4.57 Å². The molecule has 4 heterocycles. The van der Waals surface area contributed by atoms with Crippen LogP contribution in [0.15, 0.2) is 59.5 Å². The van der Waals surface area contributed by atoms with E-state index in [0.29, 0.717) is 28.0 Å². The molecule has 5 aromatic rings. The van der Waals surface area contributed by atoms with Gasteiger partial charge in [0.05, 0.1) is 29.2 Å². The molecule has 2 aliphatic heterocycles. The standard InChI is InChI=1S/C39H48BrN8O2P/c1-25-18-27-10-11-33(37(51(5,6)49)31(27)19-26(25)2)43-38-32(40)23-41-39(45-38)44-34-20-30(28-22-42-46(3)24-28)35(21-36(34)50-4)48-16-12-29(13-17-48)47-14-8-7-9-15-47/h10-11,18-24,29H,7-9,12-17H2,1-6H3,(H2,41,43,44,45). The van der Waals surface area contributed by atoms with Gasteiger partial charge in [0, 0.05) is 66.8 Å². The van der Waals surface area contributed by atoms with Crippen molar-refractivity contribution in [2.75, 3.05) is 62.2 Å². The van der Waals surface area contributed by atoms with Gasteiger partial charge in [-0.3, -0.25) is 4.68 Å². The molecule has 7 rings (SSSR count). The lowest BCUT2D eigenvalue weighted by Crippen LogP contribution is -2.46. The summed E-state index contributed by atoms with van der Waals surface area (Å²) in [5.41, 5.74) is 7.13. The molecule has 3 aromatic carbocycles. The summed E-state index contributed by atoms with van der Waals surface area (Å²) in [4.78, 5) is 14.7. The largest absolute Gasteiger partial charge is 0.494 e. The molecule has 0 spiro atoms. The zero-order valence-electron chi connectivity index (χ0n) is 30.5. The number of fused-ring (bicyclic) bond motifs is 1. The maximum Gasteiger partial charge on any atom is 0.229 e. The van der Waals surface area contributed by atoms with Crippen molar-refractivity contribution in [1.29, 1.82) is 0 Å². The summed E-state index contributed by atoms with van der Waals surface area (Å²) in [6.45, 7) is 12.3. The molecule has 10 nitrogen and oxygen atoms in total. The molecule has 2 aliphatic rings. The van der Waals surface area contributed by atoms with Gasteiger partial charge in [0.25, 0.3) is 0 Å². The summed E-state index contributed by atoms with van der Waals surface area (Å²) < 4.78 is 22.3. The Kier molecular flexibility index (Phi) is 10.2. The van der Waals surface area contributed by atoms with Crippen LogP contribution in [0.2, 0.25) is 0 Å². The van der Waals surface area contributed by atoms with Gasteiger partial charge in [-0.25, -0.2) is 4.98 Å². The number of benzene rings is 3. The maximum atomic E-state index is 13.8. The zero-order chi connectivity index (χ0) is 35.9. The number of ether oxygens (including phenoxy) is 1. The first-order valence-electron chi connectivity index (χ1n) is 17.8. The Morgan fingerprint density at radius 3 is 2.35 bits per heavy atom. The third-order valence-corrected chi connectivity index (χ3v) is 12.6. The number of likely N-dealkylation sites (tertiary alicyclic amines) is 1. The highest BCUT2D eigenvalue weighted by molar-refractivity contribution is 9.10. The predicted molar refractivity (Wildman–Crippen MR) is 215 cm³/mol. The van der Waals surface area contributed by atoms with E-state index >= 15 is 0 Å². The number of hydrogen-bond acceptors (Lipinski definition) is 9. The van der Waals surface area contributed by atoms with Gasteiger partial charge < -0.3 is 29.7 Å². The predicted octanol–water partition coefficient (Wildman–Crippen LogP) is 8.61. The summed E-state index contributed by atoms with van der Waals surface area (Å²) in [5, 5.41) is 14.3. The molecule has 0 radical (unpaired) electrons. The minimum Gasteiger partial charge on any atom is -0.494 e. The van der Waals surface area contributed by atoms with Crippen molar-refractivity contribution in [3.05, 3.63) is 70.6 Å². The molecule has 2 aromatic heterocycles. The molecular formula is C39H48BrN8O2P. The number of rotatable bonds is 9. The van der Waals surface area contributed by atoms with Gasteiger partial charge in [-0.05, 0) is 116 Å². The Morgan fingerprint density at radius 1 is 0.922 bits per heavy atom. The molecule has 0 unspecified atom stereocenters. The van der Waals surface area contributed by atoms with Crippen LogP contribution in [0.5, 0.6) is 5.75 Å². The summed E-state index contributed by atoms with van der Waals surface area (Å²) in [6.07, 6.45) is 12.0. The molecule has 0 atom stereocenters. The quantitative estimate of drug-likeness (QED) is 0.143. The molecule has 0 aliphatic carbocycles. The zero-order valence-corrected chi connectivity index (χ0v) is 32.9. The minimum absolute atomic E-state index is 0.399. The lowest BCUT2D eigenvalue weighted by molar-refractivity contribution is 0.141. The monoisotopic (exact) mass is 770 g/mol. The van der Waals surface area contributed by atoms with E-state index in [0.717, 1.165) is 75.8 Å².